The maximum absolute atomic E-state index is 10.3. The van der Waals surface area contributed by atoms with Crippen molar-refractivity contribution in [3.8, 4) is 0 Å². The van der Waals surface area contributed by atoms with E-state index >= 15 is 0 Å². The number of pyridine rings is 1. The number of aromatic nitrogens is 1. The topological polar surface area (TPSA) is 50.2 Å². The average molecular weight is 341 g/mol. The van der Waals surface area contributed by atoms with Crippen LogP contribution in [0, 0.1) is 0 Å². The minimum absolute atomic E-state index is 0.153. The third kappa shape index (κ3) is 3.98. The Kier molecular flexibility index (Phi) is 4.91. The standard InChI is InChI=1S/C8H7Br2NO2S/c9-5-1-2-6(11-8(5)10)14-4-3-7(12)13/h1-2H,3-4H2,(H,12,13). The molecular weight excluding hydrogens is 334 g/mol. The summed E-state index contributed by atoms with van der Waals surface area (Å²) >= 11 is 8.02. The lowest BCUT2D eigenvalue weighted by atomic mass is 10.5. The van der Waals surface area contributed by atoms with Gasteiger partial charge in [-0.1, -0.05) is 0 Å². The molecule has 0 atom stereocenters. The molecule has 1 aromatic rings. The van der Waals surface area contributed by atoms with Gasteiger partial charge in [0, 0.05) is 5.75 Å². The lowest BCUT2D eigenvalue weighted by Crippen LogP contribution is -1.96. The molecule has 0 aliphatic carbocycles. The molecule has 1 aromatic heterocycles. The fourth-order valence-electron chi connectivity index (χ4n) is 0.724. The van der Waals surface area contributed by atoms with Gasteiger partial charge in [0.1, 0.15) is 4.60 Å². The van der Waals surface area contributed by atoms with E-state index in [2.05, 4.69) is 36.8 Å². The van der Waals surface area contributed by atoms with E-state index in [1.807, 2.05) is 12.1 Å². The molecule has 3 nitrogen and oxygen atoms in total. The number of hydrogen-bond donors (Lipinski definition) is 1. The number of carboxylic acids is 1. The van der Waals surface area contributed by atoms with E-state index in [1.54, 1.807) is 0 Å². The Labute approximate surface area is 103 Å². The van der Waals surface area contributed by atoms with E-state index in [-0.39, 0.29) is 6.42 Å². The molecule has 1 heterocycles. The van der Waals surface area contributed by atoms with Crippen molar-refractivity contribution in [3.05, 3.63) is 21.2 Å². The van der Waals surface area contributed by atoms with E-state index in [1.165, 1.54) is 11.8 Å². The number of carbonyl (C=O) groups is 1. The van der Waals surface area contributed by atoms with Gasteiger partial charge in [0.05, 0.1) is 15.9 Å². The van der Waals surface area contributed by atoms with Gasteiger partial charge in [-0.15, -0.1) is 11.8 Å². The molecule has 0 bridgehead atoms. The van der Waals surface area contributed by atoms with E-state index in [4.69, 9.17) is 5.11 Å². The van der Waals surface area contributed by atoms with Crippen molar-refractivity contribution in [2.75, 3.05) is 5.75 Å². The minimum atomic E-state index is -0.784. The van der Waals surface area contributed by atoms with Crippen LogP contribution in [0.5, 0.6) is 0 Å². The van der Waals surface area contributed by atoms with Gasteiger partial charge in [-0.3, -0.25) is 4.79 Å². The smallest absolute Gasteiger partial charge is 0.304 e. The predicted molar refractivity (Wildman–Crippen MR) is 62.6 cm³/mol. The molecule has 0 aromatic carbocycles. The van der Waals surface area contributed by atoms with E-state index in [9.17, 15) is 4.79 Å². The molecule has 0 fully saturated rings. The van der Waals surface area contributed by atoms with Crippen LogP contribution in [-0.4, -0.2) is 21.8 Å². The van der Waals surface area contributed by atoms with E-state index in [0.717, 1.165) is 14.1 Å². The highest BCUT2D eigenvalue weighted by Crippen LogP contribution is 2.25. The Morgan fingerprint density at radius 1 is 1.50 bits per heavy atom. The third-order valence-electron chi connectivity index (χ3n) is 1.34. The van der Waals surface area contributed by atoms with Crippen LogP contribution in [0.2, 0.25) is 0 Å². The van der Waals surface area contributed by atoms with Crippen molar-refractivity contribution < 1.29 is 9.90 Å². The van der Waals surface area contributed by atoms with Crippen LogP contribution in [0.15, 0.2) is 26.2 Å². The molecule has 6 heteroatoms. The monoisotopic (exact) mass is 339 g/mol. The molecule has 0 aliphatic rings. The SMILES string of the molecule is O=C(O)CCSc1ccc(Br)c(Br)n1. The summed E-state index contributed by atoms with van der Waals surface area (Å²) in [6.07, 6.45) is 0.153. The lowest BCUT2D eigenvalue weighted by Gasteiger charge is -2.00. The van der Waals surface area contributed by atoms with Crippen molar-refractivity contribution in [2.24, 2.45) is 0 Å². The predicted octanol–water partition coefficient (Wildman–Crippen LogP) is 3.17. The highest BCUT2D eigenvalue weighted by molar-refractivity contribution is 9.13. The number of rotatable bonds is 4. The summed E-state index contributed by atoms with van der Waals surface area (Å²) in [7, 11) is 0. The molecule has 0 saturated carbocycles. The van der Waals surface area contributed by atoms with Gasteiger partial charge >= 0.3 is 5.97 Å². The number of hydrogen-bond acceptors (Lipinski definition) is 3. The first kappa shape index (κ1) is 12.0. The fourth-order valence-corrected chi connectivity index (χ4v) is 2.19. The molecule has 0 aliphatic heterocycles. The molecule has 0 unspecified atom stereocenters. The first-order valence-electron chi connectivity index (χ1n) is 3.76. The largest absolute Gasteiger partial charge is 0.481 e. The van der Waals surface area contributed by atoms with Gasteiger partial charge in [0.2, 0.25) is 0 Å². The van der Waals surface area contributed by atoms with Gasteiger partial charge in [-0.2, -0.15) is 0 Å². The second kappa shape index (κ2) is 5.72. The number of halogens is 2. The quantitative estimate of drug-likeness (QED) is 0.675. The number of carboxylic acid groups (broad SMARTS) is 1. The highest BCUT2D eigenvalue weighted by Gasteiger charge is 2.02. The van der Waals surface area contributed by atoms with Gasteiger partial charge in [-0.25, -0.2) is 4.98 Å². The lowest BCUT2D eigenvalue weighted by molar-refractivity contribution is -0.136. The zero-order chi connectivity index (χ0) is 10.6. The Morgan fingerprint density at radius 2 is 2.21 bits per heavy atom. The second-order valence-electron chi connectivity index (χ2n) is 2.41. The molecule has 0 spiro atoms. The van der Waals surface area contributed by atoms with Gasteiger partial charge < -0.3 is 5.11 Å². The maximum Gasteiger partial charge on any atom is 0.304 e. The van der Waals surface area contributed by atoms with Crippen molar-refractivity contribution in [3.63, 3.8) is 0 Å². The number of nitrogens with zero attached hydrogens (tertiary/aromatic N) is 1. The summed E-state index contributed by atoms with van der Waals surface area (Å²) in [5.74, 6) is -0.246. The summed E-state index contributed by atoms with van der Waals surface area (Å²) < 4.78 is 1.62. The molecule has 14 heavy (non-hydrogen) atoms. The average Bonchev–Trinajstić information content (AvgIpc) is 2.10. The van der Waals surface area contributed by atoms with Crippen LogP contribution < -0.4 is 0 Å². The van der Waals surface area contributed by atoms with Gasteiger partial charge in [-0.05, 0) is 44.0 Å². The minimum Gasteiger partial charge on any atom is -0.481 e. The van der Waals surface area contributed by atoms with Crippen LogP contribution in [-0.2, 0) is 4.79 Å². The van der Waals surface area contributed by atoms with Crippen molar-refractivity contribution in [2.45, 2.75) is 11.4 Å². The molecule has 0 saturated heterocycles. The van der Waals surface area contributed by atoms with Gasteiger partial charge in [0.15, 0.2) is 0 Å². The summed E-state index contributed by atoms with van der Waals surface area (Å²) in [5, 5.41) is 9.26. The van der Waals surface area contributed by atoms with Crippen molar-refractivity contribution in [1.29, 1.82) is 0 Å². The third-order valence-corrected chi connectivity index (χ3v) is 4.05. The van der Waals surface area contributed by atoms with Crippen LogP contribution >= 0.6 is 43.6 Å². The molecule has 76 valence electrons. The fraction of sp³-hybridized carbons (Fsp3) is 0.250. The maximum atomic E-state index is 10.3. The Morgan fingerprint density at radius 3 is 2.79 bits per heavy atom. The van der Waals surface area contributed by atoms with Crippen molar-refractivity contribution >= 4 is 49.6 Å². The molecular formula is C8H7Br2NO2S. The Balaban J connectivity index is 2.51. The summed E-state index contributed by atoms with van der Waals surface area (Å²) in [4.78, 5) is 14.5. The normalized spacial score (nSPS) is 10.1. The van der Waals surface area contributed by atoms with E-state index < -0.39 is 5.97 Å². The highest BCUT2D eigenvalue weighted by atomic mass is 79.9. The Bertz CT molecular complexity index is 346. The first-order chi connectivity index (χ1) is 6.59. The van der Waals surface area contributed by atoms with Crippen LogP contribution in [0.25, 0.3) is 0 Å². The first-order valence-corrected chi connectivity index (χ1v) is 6.33. The van der Waals surface area contributed by atoms with Crippen molar-refractivity contribution in [1.82, 2.24) is 4.98 Å². The molecule has 1 rings (SSSR count). The summed E-state index contributed by atoms with van der Waals surface area (Å²) in [6, 6.07) is 3.72. The Hall–Kier alpha value is -0.0700. The van der Waals surface area contributed by atoms with Crippen LogP contribution in [0.1, 0.15) is 6.42 Å². The van der Waals surface area contributed by atoms with Crippen LogP contribution in [0.4, 0.5) is 0 Å². The van der Waals surface area contributed by atoms with Gasteiger partial charge in [0.25, 0.3) is 0 Å². The van der Waals surface area contributed by atoms with Crippen LogP contribution in [0.3, 0.4) is 0 Å². The number of aliphatic carboxylic acids is 1. The van der Waals surface area contributed by atoms with E-state index in [0.29, 0.717) is 5.75 Å². The second-order valence-corrected chi connectivity index (χ2v) is 5.13. The molecule has 0 radical (unpaired) electrons. The summed E-state index contributed by atoms with van der Waals surface area (Å²) in [6.45, 7) is 0. The molecule has 0 amide bonds. The number of thioether (sulfide) groups is 1. The molecule has 1 N–H and O–H groups in total. The zero-order valence-electron chi connectivity index (χ0n) is 7.04. The summed E-state index contributed by atoms with van der Waals surface area (Å²) in [5.41, 5.74) is 0. The zero-order valence-corrected chi connectivity index (χ0v) is 11.0.